The average molecular weight is 421 g/mol. The van der Waals surface area contributed by atoms with Crippen LogP contribution in [0.3, 0.4) is 0 Å². The van der Waals surface area contributed by atoms with Crippen molar-refractivity contribution >= 4 is 34.9 Å². The van der Waals surface area contributed by atoms with Crippen LogP contribution in [0, 0.1) is 13.8 Å². The Balaban J connectivity index is 1.94. The molecule has 0 saturated heterocycles. The van der Waals surface area contributed by atoms with Crippen LogP contribution in [0.1, 0.15) is 34.7 Å². The molecule has 2 aromatic rings. The van der Waals surface area contributed by atoms with Crippen molar-refractivity contribution < 1.29 is 14.3 Å². The molecule has 0 aliphatic heterocycles. The number of thiophene rings is 1. The fourth-order valence-corrected chi connectivity index (χ4v) is 4.37. The van der Waals surface area contributed by atoms with Crippen LogP contribution in [-0.2, 0) is 9.59 Å². The van der Waals surface area contributed by atoms with Crippen molar-refractivity contribution in [3.8, 4) is 5.75 Å². The first-order valence-corrected chi connectivity index (χ1v) is 11.4. The summed E-state index contributed by atoms with van der Waals surface area (Å²) in [4.78, 5) is 27.5. The first kappa shape index (κ1) is 22.3. The van der Waals surface area contributed by atoms with Gasteiger partial charge in [-0.1, -0.05) is 18.2 Å². The van der Waals surface area contributed by atoms with Crippen molar-refractivity contribution in [3.05, 3.63) is 51.7 Å². The number of hydrogen-bond acceptors (Lipinski definition) is 5. The van der Waals surface area contributed by atoms with Crippen LogP contribution in [0.15, 0.2) is 36.4 Å². The molecule has 152 valence electrons. The molecule has 1 aromatic heterocycles. The quantitative estimate of drug-likeness (QED) is 0.612. The first-order chi connectivity index (χ1) is 13.4. The number of aryl methyl sites for hydroxylation is 2. The minimum Gasteiger partial charge on any atom is -0.484 e. The van der Waals surface area contributed by atoms with Crippen LogP contribution in [0.2, 0.25) is 0 Å². The lowest BCUT2D eigenvalue weighted by molar-refractivity contribution is -0.130. The summed E-state index contributed by atoms with van der Waals surface area (Å²) in [6, 6.07) is 10.6. The van der Waals surface area contributed by atoms with Crippen LogP contribution in [0.25, 0.3) is 0 Å². The Bertz CT molecular complexity index is 777. The van der Waals surface area contributed by atoms with Gasteiger partial charge in [-0.3, -0.25) is 9.59 Å². The number of amides is 2. The highest BCUT2D eigenvalue weighted by molar-refractivity contribution is 7.98. The SMILES string of the molecule is CSCC[C@H](NC(=O)COc1ccccc1)C(=O)N[C@@H](C)c1cc(C)sc1C. The van der Waals surface area contributed by atoms with Gasteiger partial charge in [-0.15, -0.1) is 11.3 Å². The summed E-state index contributed by atoms with van der Waals surface area (Å²) in [5, 5.41) is 5.85. The van der Waals surface area contributed by atoms with Gasteiger partial charge in [-0.05, 0) is 63.0 Å². The van der Waals surface area contributed by atoms with Crippen molar-refractivity contribution in [3.63, 3.8) is 0 Å². The van der Waals surface area contributed by atoms with Gasteiger partial charge in [0.15, 0.2) is 6.61 Å². The molecule has 0 bridgehead atoms. The van der Waals surface area contributed by atoms with Gasteiger partial charge in [-0.2, -0.15) is 11.8 Å². The highest BCUT2D eigenvalue weighted by atomic mass is 32.2. The molecule has 2 amide bonds. The summed E-state index contributed by atoms with van der Waals surface area (Å²) in [6.45, 7) is 5.97. The highest BCUT2D eigenvalue weighted by Crippen LogP contribution is 2.26. The Hall–Kier alpha value is -1.99. The van der Waals surface area contributed by atoms with Gasteiger partial charge >= 0.3 is 0 Å². The molecule has 28 heavy (non-hydrogen) atoms. The molecule has 0 saturated carbocycles. The monoisotopic (exact) mass is 420 g/mol. The minimum absolute atomic E-state index is 0.105. The lowest BCUT2D eigenvalue weighted by Gasteiger charge is -2.21. The second-order valence-corrected chi connectivity index (χ2v) is 9.05. The van der Waals surface area contributed by atoms with E-state index in [1.807, 2.05) is 31.4 Å². The van der Waals surface area contributed by atoms with Crippen LogP contribution in [0.4, 0.5) is 0 Å². The molecular weight excluding hydrogens is 392 g/mol. The topological polar surface area (TPSA) is 67.4 Å². The number of nitrogens with one attached hydrogen (secondary N) is 2. The summed E-state index contributed by atoms with van der Waals surface area (Å²) in [7, 11) is 0. The molecule has 0 radical (unpaired) electrons. The fourth-order valence-electron chi connectivity index (χ4n) is 2.88. The first-order valence-electron chi connectivity index (χ1n) is 9.24. The number of ether oxygens (including phenoxy) is 1. The summed E-state index contributed by atoms with van der Waals surface area (Å²) in [6.07, 6.45) is 2.55. The summed E-state index contributed by atoms with van der Waals surface area (Å²) >= 11 is 3.37. The third-order valence-electron chi connectivity index (χ3n) is 4.28. The number of carbonyl (C=O) groups is 2. The molecule has 5 nitrogen and oxygen atoms in total. The third kappa shape index (κ3) is 6.87. The van der Waals surface area contributed by atoms with E-state index < -0.39 is 6.04 Å². The Morgan fingerprint density at radius 1 is 1.18 bits per heavy atom. The van der Waals surface area contributed by atoms with E-state index in [0.29, 0.717) is 12.2 Å². The molecule has 0 spiro atoms. The van der Waals surface area contributed by atoms with Crippen LogP contribution >= 0.6 is 23.1 Å². The van der Waals surface area contributed by atoms with E-state index in [1.54, 1.807) is 35.2 Å². The zero-order valence-corrected chi connectivity index (χ0v) is 18.4. The molecule has 2 N–H and O–H groups in total. The molecule has 7 heteroatoms. The lowest BCUT2D eigenvalue weighted by Crippen LogP contribution is -2.48. The molecular formula is C21H28N2O3S2. The second kappa shape index (κ2) is 11.1. The van der Waals surface area contributed by atoms with E-state index >= 15 is 0 Å². The van der Waals surface area contributed by atoms with Gasteiger partial charge in [0.05, 0.1) is 6.04 Å². The number of hydrogen-bond donors (Lipinski definition) is 2. The predicted molar refractivity (Wildman–Crippen MR) is 117 cm³/mol. The Morgan fingerprint density at radius 2 is 1.89 bits per heavy atom. The predicted octanol–water partition coefficient (Wildman–Crippen LogP) is 3.86. The zero-order chi connectivity index (χ0) is 20.5. The number of para-hydroxylation sites is 1. The maximum Gasteiger partial charge on any atom is 0.258 e. The van der Waals surface area contributed by atoms with Crippen molar-refractivity contribution in [1.82, 2.24) is 10.6 Å². The smallest absolute Gasteiger partial charge is 0.258 e. The Morgan fingerprint density at radius 3 is 2.50 bits per heavy atom. The minimum atomic E-state index is -0.582. The van der Waals surface area contributed by atoms with Crippen LogP contribution in [0.5, 0.6) is 5.75 Å². The Labute approximate surface area is 175 Å². The number of benzene rings is 1. The van der Waals surface area contributed by atoms with E-state index in [9.17, 15) is 9.59 Å². The molecule has 0 aliphatic carbocycles. The Kier molecular flexibility index (Phi) is 8.86. The van der Waals surface area contributed by atoms with E-state index in [-0.39, 0.29) is 24.5 Å². The van der Waals surface area contributed by atoms with Crippen LogP contribution in [-0.4, -0.2) is 36.5 Å². The van der Waals surface area contributed by atoms with Crippen molar-refractivity contribution in [2.24, 2.45) is 0 Å². The van der Waals surface area contributed by atoms with E-state index in [4.69, 9.17) is 4.74 Å². The molecule has 0 aliphatic rings. The summed E-state index contributed by atoms with van der Waals surface area (Å²) < 4.78 is 5.47. The number of carbonyl (C=O) groups excluding carboxylic acids is 2. The summed E-state index contributed by atoms with van der Waals surface area (Å²) in [5.74, 6) is 0.931. The van der Waals surface area contributed by atoms with E-state index in [1.165, 1.54) is 9.75 Å². The van der Waals surface area contributed by atoms with Gasteiger partial charge in [-0.25, -0.2) is 0 Å². The standard InChI is InChI=1S/C21H28N2O3S2/c1-14-12-18(16(3)28-14)15(2)22-21(25)19(10-11-27-4)23-20(24)13-26-17-8-6-5-7-9-17/h5-9,12,15,19H,10-11,13H2,1-4H3,(H,22,25)(H,23,24)/t15-,19-/m0/s1. The lowest BCUT2D eigenvalue weighted by atomic mass is 10.1. The fraction of sp³-hybridized carbons (Fsp3) is 0.429. The average Bonchev–Trinajstić information content (AvgIpc) is 3.02. The molecule has 2 rings (SSSR count). The highest BCUT2D eigenvalue weighted by Gasteiger charge is 2.23. The zero-order valence-electron chi connectivity index (χ0n) is 16.8. The largest absolute Gasteiger partial charge is 0.484 e. The molecule has 2 atom stereocenters. The number of rotatable bonds is 10. The number of thioether (sulfide) groups is 1. The van der Waals surface area contributed by atoms with Crippen molar-refractivity contribution in [1.29, 1.82) is 0 Å². The van der Waals surface area contributed by atoms with Gasteiger partial charge in [0.2, 0.25) is 5.91 Å². The molecule has 0 unspecified atom stereocenters. The van der Waals surface area contributed by atoms with E-state index in [2.05, 4.69) is 30.5 Å². The van der Waals surface area contributed by atoms with Crippen molar-refractivity contribution in [2.75, 3.05) is 18.6 Å². The summed E-state index contributed by atoms with van der Waals surface area (Å²) in [5.41, 5.74) is 1.12. The van der Waals surface area contributed by atoms with Gasteiger partial charge in [0, 0.05) is 9.75 Å². The normalized spacial score (nSPS) is 12.9. The van der Waals surface area contributed by atoms with Gasteiger partial charge < -0.3 is 15.4 Å². The third-order valence-corrected chi connectivity index (χ3v) is 5.91. The molecule has 1 heterocycles. The van der Waals surface area contributed by atoms with Crippen LogP contribution < -0.4 is 15.4 Å². The molecule has 0 fully saturated rings. The maximum atomic E-state index is 12.8. The second-order valence-electron chi connectivity index (χ2n) is 6.60. The van der Waals surface area contributed by atoms with Gasteiger partial charge in [0.25, 0.3) is 5.91 Å². The van der Waals surface area contributed by atoms with Crippen molar-refractivity contribution in [2.45, 2.75) is 39.3 Å². The van der Waals surface area contributed by atoms with E-state index in [0.717, 1.165) is 11.3 Å². The van der Waals surface area contributed by atoms with Gasteiger partial charge in [0.1, 0.15) is 11.8 Å². The maximum absolute atomic E-state index is 12.8. The molecule has 1 aromatic carbocycles.